The van der Waals surface area contributed by atoms with Crippen molar-refractivity contribution in [1.29, 1.82) is 0 Å². The normalized spacial score (nSPS) is 34.1. The molecule has 0 aromatic rings. The predicted molar refractivity (Wildman–Crippen MR) is 75.3 cm³/mol. The van der Waals surface area contributed by atoms with Crippen molar-refractivity contribution in [1.82, 2.24) is 4.90 Å². The minimum absolute atomic E-state index is 0.0300. The fraction of sp³-hybridized carbons (Fsp3) is 0.933. The van der Waals surface area contributed by atoms with Crippen LogP contribution in [0.15, 0.2) is 0 Å². The number of carbonyl (C=O) groups is 1. The molecule has 3 fully saturated rings. The Morgan fingerprint density at radius 2 is 1.80 bits per heavy atom. The highest BCUT2D eigenvalue weighted by molar-refractivity contribution is 5.86. The summed E-state index contributed by atoms with van der Waals surface area (Å²) in [5, 5.41) is 0. The molecular weight excluding hydrogens is 256 g/mol. The van der Waals surface area contributed by atoms with Gasteiger partial charge in [0.15, 0.2) is 0 Å². The van der Waals surface area contributed by atoms with E-state index in [0.29, 0.717) is 19.7 Å². The average Bonchev–Trinajstić information content (AvgIpc) is 3.02. The second-order valence-corrected chi connectivity index (χ2v) is 6.43. The number of morpholine rings is 1. The fourth-order valence-electron chi connectivity index (χ4n) is 3.69. The Hall–Kier alpha value is -0.650. The van der Waals surface area contributed by atoms with Crippen LogP contribution in [0.5, 0.6) is 0 Å². The second-order valence-electron chi connectivity index (χ2n) is 6.43. The molecule has 2 atom stereocenters. The third kappa shape index (κ3) is 2.85. The lowest BCUT2D eigenvalue weighted by Gasteiger charge is -2.41. The van der Waals surface area contributed by atoms with Gasteiger partial charge in [0.25, 0.3) is 0 Å². The second kappa shape index (κ2) is 6.00. The summed E-state index contributed by atoms with van der Waals surface area (Å²) in [6, 6.07) is 0. The van der Waals surface area contributed by atoms with Crippen LogP contribution in [0, 0.1) is 0 Å². The van der Waals surface area contributed by atoms with Crippen molar-refractivity contribution < 1.29 is 14.3 Å². The lowest BCUT2D eigenvalue weighted by molar-refractivity contribution is -0.151. The smallest absolute Gasteiger partial charge is 0.242 e. The minimum Gasteiger partial charge on any atom is -0.375 e. The molecule has 0 aromatic heterocycles. The van der Waals surface area contributed by atoms with Gasteiger partial charge in [-0.2, -0.15) is 0 Å². The standard InChI is InChI=1S/C15H26N2O3/c16-15(6-2-1-3-7-15)14(18)17-8-10-20-13(11-17)12-5-4-9-19-12/h12-13H,1-11,16H2. The Labute approximate surface area is 120 Å². The van der Waals surface area contributed by atoms with Crippen molar-refractivity contribution in [3.05, 3.63) is 0 Å². The van der Waals surface area contributed by atoms with Gasteiger partial charge in [-0.3, -0.25) is 4.79 Å². The molecule has 0 spiro atoms. The molecule has 3 aliphatic rings. The number of carbonyl (C=O) groups excluding carboxylic acids is 1. The van der Waals surface area contributed by atoms with E-state index in [9.17, 15) is 4.79 Å². The van der Waals surface area contributed by atoms with E-state index in [1.54, 1.807) is 0 Å². The van der Waals surface area contributed by atoms with E-state index < -0.39 is 5.54 Å². The summed E-state index contributed by atoms with van der Waals surface area (Å²) in [6.45, 7) is 2.73. The Balaban J connectivity index is 1.62. The maximum absolute atomic E-state index is 12.7. The van der Waals surface area contributed by atoms with Crippen molar-refractivity contribution in [2.75, 3.05) is 26.3 Å². The van der Waals surface area contributed by atoms with E-state index in [4.69, 9.17) is 15.2 Å². The molecule has 20 heavy (non-hydrogen) atoms. The van der Waals surface area contributed by atoms with E-state index >= 15 is 0 Å². The van der Waals surface area contributed by atoms with Gasteiger partial charge >= 0.3 is 0 Å². The van der Waals surface area contributed by atoms with Crippen LogP contribution in [0.3, 0.4) is 0 Å². The molecule has 3 rings (SSSR count). The third-order valence-electron chi connectivity index (χ3n) is 4.93. The van der Waals surface area contributed by atoms with E-state index in [2.05, 4.69) is 0 Å². The van der Waals surface area contributed by atoms with Gasteiger partial charge in [-0.15, -0.1) is 0 Å². The molecule has 2 heterocycles. The molecule has 1 saturated carbocycles. The number of amides is 1. The maximum Gasteiger partial charge on any atom is 0.242 e. The van der Waals surface area contributed by atoms with Gasteiger partial charge in [-0.05, 0) is 25.7 Å². The highest BCUT2D eigenvalue weighted by Gasteiger charge is 2.41. The molecule has 2 N–H and O–H groups in total. The Bertz CT molecular complexity index is 349. The summed E-state index contributed by atoms with van der Waals surface area (Å²) in [6.07, 6.45) is 7.33. The lowest BCUT2D eigenvalue weighted by Crippen LogP contribution is -2.60. The van der Waals surface area contributed by atoms with Gasteiger partial charge in [0, 0.05) is 19.7 Å². The first kappa shape index (κ1) is 14.3. The SMILES string of the molecule is NC1(C(=O)N2CCOC(C3CCCO3)C2)CCCCC1. The van der Waals surface area contributed by atoms with E-state index in [-0.39, 0.29) is 18.1 Å². The van der Waals surface area contributed by atoms with Gasteiger partial charge in [0.2, 0.25) is 5.91 Å². The van der Waals surface area contributed by atoms with Gasteiger partial charge in [-0.1, -0.05) is 19.3 Å². The number of nitrogens with two attached hydrogens (primary N) is 1. The van der Waals surface area contributed by atoms with E-state index in [1.807, 2.05) is 4.90 Å². The van der Waals surface area contributed by atoms with E-state index in [0.717, 1.165) is 45.1 Å². The van der Waals surface area contributed by atoms with Crippen LogP contribution in [0.4, 0.5) is 0 Å². The molecular formula is C15H26N2O3. The largest absolute Gasteiger partial charge is 0.375 e. The highest BCUT2D eigenvalue weighted by atomic mass is 16.5. The van der Waals surface area contributed by atoms with E-state index in [1.165, 1.54) is 6.42 Å². The Morgan fingerprint density at radius 1 is 1.05 bits per heavy atom. The predicted octanol–water partition coefficient (Wildman–Crippen LogP) is 1.05. The summed E-state index contributed by atoms with van der Waals surface area (Å²) < 4.78 is 11.5. The van der Waals surface area contributed by atoms with Crippen molar-refractivity contribution in [2.45, 2.75) is 62.7 Å². The molecule has 5 nitrogen and oxygen atoms in total. The molecule has 0 aromatic carbocycles. The molecule has 2 unspecified atom stereocenters. The topological polar surface area (TPSA) is 64.8 Å². The molecule has 1 amide bonds. The zero-order valence-corrected chi connectivity index (χ0v) is 12.2. The third-order valence-corrected chi connectivity index (χ3v) is 4.93. The lowest BCUT2D eigenvalue weighted by atomic mass is 9.81. The summed E-state index contributed by atoms with van der Waals surface area (Å²) in [4.78, 5) is 14.7. The van der Waals surface area contributed by atoms with Crippen LogP contribution in [0.1, 0.15) is 44.9 Å². The van der Waals surface area contributed by atoms with Crippen LogP contribution in [-0.4, -0.2) is 54.9 Å². The number of ether oxygens (including phenoxy) is 2. The van der Waals surface area contributed by atoms with Crippen LogP contribution < -0.4 is 5.73 Å². The average molecular weight is 282 g/mol. The molecule has 1 aliphatic carbocycles. The Kier molecular flexibility index (Phi) is 4.29. The van der Waals surface area contributed by atoms with Crippen molar-refractivity contribution >= 4 is 5.91 Å². The van der Waals surface area contributed by atoms with Gasteiger partial charge < -0.3 is 20.1 Å². The number of hydrogen-bond acceptors (Lipinski definition) is 4. The highest BCUT2D eigenvalue weighted by Crippen LogP contribution is 2.29. The minimum atomic E-state index is -0.628. The molecule has 0 radical (unpaired) electrons. The first-order valence-electron chi connectivity index (χ1n) is 8.00. The van der Waals surface area contributed by atoms with Crippen LogP contribution in [0.2, 0.25) is 0 Å². The molecule has 2 saturated heterocycles. The number of nitrogens with zero attached hydrogens (tertiary/aromatic N) is 1. The maximum atomic E-state index is 12.7. The fourth-order valence-corrected chi connectivity index (χ4v) is 3.69. The summed E-state index contributed by atoms with van der Waals surface area (Å²) >= 11 is 0. The monoisotopic (exact) mass is 282 g/mol. The Morgan fingerprint density at radius 3 is 2.50 bits per heavy atom. The van der Waals surface area contributed by atoms with Gasteiger partial charge in [-0.25, -0.2) is 0 Å². The quantitative estimate of drug-likeness (QED) is 0.822. The summed E-state index contributed by atoms with van der Waals surface area (Å²) in [5.41, 5.74) is 5.74. The first-order chi connectivity index (χ1) is 9.69. The summed E-state index contributed by atoms with van der Waals surface area (Å²) in [5.74, 6) is 0.128. The van der Waals surface area contributed by atoms with Crippen LogP contribution in [-0.2, 0) is 14.3 Å². The number of rotatable bonds is 2. The van der Waals surface area contributed by atoms with Crippen molar-refractivity contribution in [3.8, 4) is 0 Å². The first-order valence-corrected chi connectivity index (χ1v) is 8.00. The molecule has 0 bridgehead atoms. The van der Waals surface area contributed by atoms with Gasteiger partial charge in [0.05, 0.1) is 18.2 Å². The zero-order chi connectivity index (χ0) is 14.0. The molecule has 114 valence electrons. The zero-order valence-electron chi connectivity index (χ0n) is 12.2. The van der Waals surface area contributed by atoms with Crippen LogP contribution >= 0.6 is 0 Å². The summed E-state index contributed by atoms with van der Waals surface area (Å²) in [7, 11) is 0. The number of hydrogen-bond donors (Lipinski definition) is 1. The molecule has 2 aliphatic heterocycles. The molecule has 5 heteroatoms. The van der Waals surface area contributed by atoms with Crippen molar-refractivity contribution in [3.63, 3.8) is 0 Å². The van der Waals surface area contributed by atoms with Crippen LogP contribution in [0.25, 0.3) is 0 Å². The van der Waals surface area contributed by atoms with Gasteiger partial charge in [0.1, 0.15) is 6.10 Å². The van der Waals surface area contributed by atoms with Crippen molar-refractivity contribution in [2.24, 2.45) is 5.73 Å².